The van der Waals surface area contributed by atoms with Crippen LogP contribution in [-0.2, 0) is 9.53 Å². The van der Waals surface area contributed by atoms with Gasteiger partial charge in [-0.15, -0.1) is 0 Å². The van der Waals surface area contributed by atoms with Gasteiger partial charge in [-0.3, -0.25) is 4.79 Å². The van der Waals surface area contributed by atoms with Gasteiger partial charge in [-0.2, -0.15) is 0 Å². The summed E-state index contributed by atoms with van der Waals surface area (Å²) in [7, 11) is 0. The van der Waals surface area contributed by atoms with E-state index in [0.29, 0.717) is 24.9 Å². The number of carboxylic acid groups (broad SMARTS) is 1. The van der Waals surface area contributed by atoms with Gasteiger partial charge in [0, 0.05) is 13.1 Å². The van der Waals surface area contributed by atoms with Crippen molar-refractivity contribution in [2.45, 2.75) is 52.1 Å². The Hall–Kier alpha value is -1.26. The first-order valence-electron chi connectivity index (χ1n) is 8.45. The van der Waals surface area contributed by atoms with Gasteiger partial charge in [-0.1, -0.05) is 6.42 Å². The quantitative estimate of drug-likeness (QED) is 0.851. The Morgan fingerprint density at radius 2 is 1.82 bits per heavy atom. The monoisotopic (exact) mass is 309 g/mol. The standard InChI is InChI=1S/C17H27NO4/c1-17(2,3)22-16(21)18-8-13(14(9-18)15(19)20)12-7-10-4-5-11(12)6-10/h10-14H,4-9H2,1-3H3,(H,19,20). The number of ether oxygens (including phenoxy) is 1. The van der Waals surface area contributed by atoms with Crippen molar-refractivity contribution in [2.75, 3.05) is 13.1 Å². The first-order chi connectivity index (χ1) is 10.2. The maximum Gasteiger partial charge on any atom is 0.410 e. The number of amides is 1. The minimum absolute atomic E-state index is 0.0975. The van der Waals surface area contributed by atoms with Crippen LogP contribution in [0.2, 0.25) is 0 Å². The predicted octanol–water partition coefficient (Wildman–Crippen LogP) is 2.99. The van der Waals surface area contributed by atoms with Crippen molar-refractivity contribution in [1.82, 2.24) is 4.90 Å². The number of likely N-dealkylation sites (tertiary alicyclic amines) is 1. The molecule has 1 N–H and O–H groups in total. The van der Waals surface area contributed by atoms with E-state index < -0.39 is 17.5 Å². The fourth-order valence-corrected chi connectivity index (χ4v) is 4.82. The Balaban J connectivity index is 1.70. The van der Waals surface area contributed by atoms with Crippen LogP contribution in [0, 0.1) is 29.6 Å². The normalized spacial score (nSPS) is 37.6. The number of hydrogen-bond acceptors (Lipinski definition) is 3. The average Bonchev–Trinajstić information content (AvgIpc) is 3.10. The lowest BCUT2D eigenvalue weighted by molar-refractivity contribution is -0.143. The SMILES string of the molecule is CC(C)(C)OC(=O)N1CC(C(=O)O)C(C2CC3CCC2C3)C1. The zero-order chi connectivity index (χ0) is 16.1. The Morgan fingerprint density at radius 1 is 1.09 bits per heavy atom. The van der Waals surface area contributed by atoms with Gasteiger partial charge in [0.15, 0.2) is 0 Å². The molecule has 1 amide bonds. The van der Waals surface area contributed by atoms with Gasteiger partial charge in [0.25, 0.3) is 0 Å². The van der Waals surface area contributed by atoms with E-state index in [0.717, 1.165) is 12.3 Å². The van der Waals surface area contributed by atoms with E-state index >= 15 is 0 Å². The highest BCUT2D eigenvalue weighted by Crippen LogP contribution is 2.53. The Labute approximate surface area is 132 Å². The summed E-state index contributed by atoms with van der Waals surface area (Å²) in [6.07, 6.45) is 4.59. The molecular weight excluding hydrogens is 282 g/mol. The number of hydrogen-bond donors (Lipinski definition) is 1. The zero-order valence-electron chi connectivity index (χ0n) is 13.7. The second-order valence-corrected chi connectivity index (χ2v) is 8.33. The van der Waals surface area contributed by atoms with Crippen molar-refractivity contribution in [1.29, 1.82) is 0 Å². The van der Waals surface area contributed by atoms with Crippen molar-refractivity contribution >= 4 is 12.1 Å². The van der Waals surface area contributed by atoms with Crippen molar-refractivity contribution < 1.29 is 19.4 Å². The minimum atomic E-state index is -0.765. The molecule has 22 heavy (non-hydrogen) atoms. The molecule has 1 saturated heterocycles. The molecule has 5 nitrogen and oxygen atoms in total. The minimum Gasteiger partial charge on any atom is -0.481 e. The highest BCUT2D eigenvalue weighted by molar-refractivity contribution is 5.74. The summed E-state index contributed by atoms with van der Waals surface area (Å²) in [6.45, 7) is 6.34. The molecule has 2 saturated carbocycles. The molecule has 3 rings (SSSR count). The summed E-state index contributed by atoms with van der Waals surface area (Å²) in [5, 5.41) is 9.57. The van der Waals surface area contributed by atoms with Gasteiger partial charge in [0.05, 0.1) is 5.92 Å². The lowest BCUT2D eigenvalue weighted by atomic mass is 9.75. The molecule has 0 radical (unpaired) electrons. The summed E-state index contributed by atoms with van der Waals surface area (Å²) in [4.78, 5) is 25.5. The number of carbonyl (C=O) groups excluding carboxylic acids is 1. The smallest absolute Gasteiger partial charge is 0.410 e. The van der Waals surface area contributed by atoms with E-state index in [9.17, 15) is 14.7 Å². The van der Waals surface area contributed by atoms with Gasteiger partial charge in [0.2, 0.25) is 0 Å². The number of nitrogens with zero attached hydrogens (tertiary/aromatic N) is 1. The topological polar surface area (TPSA) is 66.8 Å². The summed E-state index contributed by atoms with van der Waals surface area (Å²) in [5.41, 5.74) is -0.541. The summed E-state index contributed by atoms with van der Waals surface area (Å²) in [6, 6.07) is 0. The average molecular weight is 309 g/mol. The first kappa shape index (κ1) is 15.6. The molecule has 2 bridgehead atoms. The second-order valence-electron chi connectivity index (χ2n) is 8.33. The fourth-order valence-electron chi connectivity index (χ4n) is 4.82. The molecular formula is C17H27NO4. The van der Waals surface area contributed by atoms with Crippen molar-refractivity contribution in [2.24, 2.45) is 29.6 Å². The van der Waals surface area contributed by atoms with E-state index in [4.69, 9.17) is 4.74 Å². The second kappa shape index (κ2) is 5.43. The van der Waals surface area contributed by atoms with E-state index in [1.165, 1.54) is 19.3 Å². The van der Waals surface area contributed by atoms with Crippen LogP contribution in [0.25, 0.3) is 0 Å². The third-order valence-corrected chi connectivity index (χ3v) is 5.68. The van der Waals surface area contributed by atoms with Crippen LogP contribution >= 0.6 is 0 Å². The molecule has 0 aromatic rings. The molecule has 1 aliphatic heterocycles. The van der Waals surface area contributed by atoms with Crippen LogP contribution in [0.4, 0.5) is 4.79 Å². The van der Waals surface area contributed by atoms with Gasteiger partial charge >= 0.3 is 12.1 Å². The number of aliphatic carboxylic acids is 1. The number of carbonyl (C=O) groups is 2. The van der Waals surface area contributed by atoms with E-state index in [1.54, 1.807) is 4.90 Å². The van der Waals surface area contributed by atoms with Crippen LogP contribution in [0.3, 0.4) is 0 Å². The third-order valence-electron chi connectivity index (χ3n) is 5.68. The molecule has 3 fully saturated rings. The van der Waals surface area contributed by atoms with Gasteiger partial charge in [-0.05, 0) is 63.7 Å². The lowest BCUT2D eigenvalue weighted by Gasteiger charge is -2.30. The largest absolute Gasteiger partial charge is 0.481 e. The predicted molar refractivity (Wildman–Crippen MR) is 81.4 cm³/mol. The van der Waals surface area contributed by atoms with E-state index in [1.807, 2.05) is 20.8 Å². The van der Waals surface area contributed by atoms with E-state index in [2.05, 4.69) is 0 Å². The van der Waals surface area contributed by atoms with E-state index in [-0.39, 0.29) is 12.0 Å². The van der Waals surface area contributed by atoms with Crippen LogP contribution in [-0.4, -0.2) is 40.8 Å². The molecule has 0 aromatic carbocycles. The van der Waals surface area contributed by atoms with Crippen molar-refractivity contribution in [3.63, 3.8) is 0 Å². The van der Waals surface area contributed by atoms with Gasteiger partial charge in [-0.25, -0.2) is 4.79 Å². The summed E-state index contributed by atoms with van der Waals surface area (Å²) < 4.78 is 5.42. The molecule has 5 atom stereocenters. The number of fused-ring (bicyclic) bond motifs is 2. The maximum absolute atomic E-state index is 12.3. The van der Waals surface area contributed by atoms with Crippen molar-refractivity contribution in [3.8, 4) is 0 Å². The third kappa shape index (κ3) is 2.95. The van der Waals surface area contributed by atoms with Crippen LogP contribution in [0.15, 0.2) is 0 Å². The molecule has 0 spiro atoms. The molecule has 0 aromatic heterocycles. The molecule has 3 aliphatic rings. The molecule has 1 heterocycles. The van der Waals surface area contributed by atoms with Gasteiger partial charge in [0.1, 0.15) is 5.60 Å². The van der Waals surface area contributed by atoms with Crippen LogP contribution in [0.5, 0.6) is 0 Å². The van der Waals surface area contributed by atoms with Gasteiger partial charge < -0.3 is 14.7 Å². The highest BCUT2D eigenvalue weighted by Gasteiger charge is 2.51. The molecule has 5 unspecified atom stereocenters. The van der Waals surface area contributed by atoms with Crippen LogP contribution in [0.1, 0.15) is 46.5 Å². The first-order valence-corrected chi connectivity index (χ1v) is 8.45. The zero-order valence-corrected chi connectivity index (χ0v) is 13.7. The maximum atomic E-state index is 12.3. The number of carboxylic acids is 1. The fraction of sp³-hybridized carbons (Fsp3) is 0.882. The Morgan fingerprint density at radius 3 is 2.32 bits per heavy atom. The Bertz CT molecular complexity index is 470. The number of rotatable bonds is 2. The lowest BCUT2D eigenvalue weighted by Crippen LogP contribution is -2.36. The highest BCUT2D eigenvalue weighted by atomic mass is 16.6. The molecule has 2 aliphatic carbocycles. The molecule has 5 heteroatoms. The van der Waals surface area contributed by atoms with Crippen molar-refractivity contribution in [3.05, 3.63) is 0 Å². The summed E-state index contributed by atoms with van der Waals surface area (Å²) in [5.74, 6) is 0.846. The molecule has 124 valence electrons. The Kier molecular flexibility index (Phi) is 3.86. The summed E-state index contributed by atoms with van der Waals surface area (Å²) >= 11 is 0. The van der Waals surface area contributed by atoms with Crippen LogP contribution < -0.4 is 0 Å².